The molecule has 0 bridgehead atoms. The first-order valence-corrected chi connectivity index (χ1v) is 10.3. The zero-order valence-electron chi connectivity index (χ0n) is 16.9. The van der Waals surface area contributed by atoms with Crippen molar-refractivity contribution in [3.8, 4) is 0 Å². The van der Waals surface area contributed by atoms with Crippen molar-refractivity contribution >= 4 is 17.7 Å². The molecule has 0 spiro atoms. The van der Waals surface area contributed by atoms with Gasteiger partial charge in [-0.15, -0.1) is 0 Å². The van der Waals surface area contributed by atoms with Crippen molar-refractivity contribution in [3.63, 3.8) is 0 Å². The number of nitrogens with one attached hydrogen (secondary N) is 1. The second-order valence-corrected chi connectivity index (χ2v) is 10.0. The molecule has 1 aromatic carbocycles. The minimum Gasteiger partial charge on any atom is -0.349 e. The fourth-order valence-corrected chi connectivity index (χ4v) is 5.13. The quantitative estimate of drug-likeness (QED) is 0.847. The number of carbonyl (C=O) groups excluding carboxylic acids is 1. The van der Waals surface area contributed by atoms with Crippen LogP contribution in [0.3, 0.4) is 0 Å². The van der Waals surface area contributed by atoms with Gasteiger partial charge in [0.2, 0.25) is 0 Å². The number of benzene rings is 1. The summed E-state index contributed by atoms with van der Waals surface area (Å²) in [7, 11) is 0. The first-order chi connectivity index (χ1) is 12.6. The third-order valence-electron chi connectivity index (χ3n) is 4.91. The topological polar surface area (TPSA) is 58.6 Å². The molecule has 5 heteroatoms. The van der Waals surface area contributed by atoms with Gasteiger partial charge < -0.3 is 10.6 Å². The Morgan fingerprint density at radius 2 is 1.74 bits per heavy atom. The lowest BCUT2D eigenvalue weighted by Gasteiger charge is -2.43. The fourth-order valence-electron chi connectivity index (χ4n) is 4.25. The molecule has 1 fully saturated rings. The highest BCUT2D eigenvalue weighted by Crippen LogP contribution is 2.29. The maximum absolute atomic E-state index is 13.0. The van der Waals surface area contributed by atoms with Gasteiger partial charge in [0.15, 0.2) is 0 Å². The molecule has 4 nitrogen and oxygen atoms in total. The minimum absolute atomic E-state index is 0.0313. The standard InChI is InChI=1S/C22H29N3OS/c1-15-8-10-17(11-9-15)27-20-18(7-6-12-23-20)19(26)24-16-13-21(2,3)25-22(4,5)14-16/h6-12,16,25H,13-14H2,1-5H3,(H,24,26)/p+1. The SMILES string of the molecule is Cc1ccc(Sc2ncccc2C(=O)NC2CC(C)(C)[NH2+]C(C)(C)C2)cc1. The number of pyridine rings is 1. The van der Waals surface area contributed by atoms with Crippen molar-refractivity contribution in [2.45, 2.75) is 74.5 Å². The minimum atomic E-state index is -0.0313. The van der Waals surface area contributed by atoms with Crippen molar-refractivity contribution in [1.29, 1.82) is 0 Å². The highest BCUT2D eigenvalue weighted by atomic mass is 32.2. The normalized spacial score (nSPS) is 18.9. The van der Waals surface area contributed by atoms with Gasteiger partial charge in [-0.05, 0) is 58.9 Å². The Hall–Kier alpha value is -1.85. The molecule has 27 heavy (non-hydrogen) atoms. The highest BCUT2D eigenvalue weighted by Gasteiger charge is 2.42. The van der Waals surface area contributed by atoms with Crippen molar-refractivity contribution in [2.24, 2.45) is 0 Å². The van der Waals surface area contributed by atoms with Gasteiger partial charge in [0, 0.05) is 30.0 Å². The molecule has 2 aromatic rings. The van der Waals surface area contributed by atoms with Crippen molar-refractivity contribution < 1.29 is 10.1 Å². The highest BCUT2D eigenvalue weighted by molar-refractivity contribution is 7.99. The Morgan fingerprint density at radius 1 is 1.11 bits per heavy atom. The lowest BCUT2D eigenvalue weighted by atomic mass is 9.79. The van der Waals surface area contributed by atoms with Crippen LogP contribution in [0.5, 0.6) is 0 Å². The molecule has 3 rings (SSSR count). The maximum atomic E-state index is 13.0. The van der Waals surface area contributed by atoms with E-state index in [1.54, 1.807) is 6.20 Å². The van der Waals surface area contributed by atoms with E-state index in [0.29, 0.717) is 5.56 Å². The third kappa shape index (κ3) is 5.33. The number of quaternary nitrogens is 1. The number of rotatable bonds is 4. The number of hydrogen-bond acceptors (Lipinski definition) is 3. The molecule has 1 aliphatic heterocycles. The molecular formula is C22H30N3OS+. The van der Waals surface area contributed by atoms with Crippen LogP contribution in [0.2, 0.25) is 0 Å². The number of piperidine rings is 1. The third-order valence-corrected chi connectivity index (χ3v) is 5.94. The molecule has 0 saturated carbocycles. The molecule has 0 aliphatic carbocycles. The second kappa shape index (κ2) is 7.64. The van der Waals surface area contributed by atoms with Crippen molar-refractivity contribution in [3.05, 3.63) is 53.7 Å². The van der Waals surface area contributed by atoms with Gasteiger partial charge in [-0.2, -0.15) is 0 Å². The molecule has 3 N–H and O–H groups in total. The molecule has 0 unspecified atom stereocenters. The van der Waals surface area contributed by atoms with E-state index in [9.17, 15) is 4.79 Å². The molecule has 1 aliphatic rings. The van der Waals surface area contributed by atoms with E-state index >= 15 is 0 Å². The summed E-state index contributed by atoms with van der Waals surface area (Å²) in [5, 5.41) is 6.44. The van der Waals surface area contributed by atoms with Gasteiger partial charge in [-0.3, -0.25) is 4.79 Å². The zero-order valence-corrected chi connectivity index (χ0v) is 17.7. The first-order valence-electron chi connectivity index (χ1n) is 9.51. The van der Waals surface area contributed by atoms with Crippen LogP contribution in [0.4, 0.5) is 0 Å². The van der Waals surface area contributed by atoms with Gasteiger partial charge in [-0.1, -0.05) is 29.5 Å². The van der Waals surface area contributed by atoms with Gasteiger partial charge in [0.1, 0.15) is 5.03 Å². The zero-order chi connectivity index (χ0) is 19.7. The Bertz CT molecular complexity index is 799. The molecule has 1 saturated heterocycles. The summed E-state index contributed by atoms with van der Waals surface area (Å²) in [5.41, 5.74) is 2.10. The largest absolute Gasteiger partial charge is 0.349 e. The summed E-state index contributed by atoms with van der Waals surface area (Å²) in [5.74, 6) is -0.0313. The monoisotopic (exact) mass is 384 g/mol. The number of aryl methyl sites for hydroxylation is 1. The molecule has 0 radical (unpaired) electrons. The van der Waals surface area contributed by atoms with Crippen LogP contribution in [0.1, 0.15) is 56.5 Å². The number of aromatic nitrogens is 1. The first kappa shape index (κ1) is 19.9. The van der Waals surface area contributed by atoms with E-state index in [1.165, 1.54) is 17.3 Å². The summed E-state index contributed by atoms with van der Waals surface area (Å²) in [6, 6.07) is 12.2. The van der Waals surface area contributed by atoms with Crippen LogP contribution in [-0.4, -0.2) is 28.0 Å². The second-order valence-electron chi connectivity index (χ2n) is 8.97. The maximum Gasteiger partial charge on any atom is 0.254 e. The number of carbonyl (C=O) groups is 1. The van der Waals surface area contributed by atoms with E-state index in [1.807, 2.05) is 12.1 Å². The summed E-state index contributed by atoms with van der Waals surface area (Å²) >= 11 is 1.53. The van der Waals surface area contributed by atoms with E-state index in [2.05, 4.69) is 74.5 Å². The van der Waals surface area contributed by atoms with Crippen LogP contribution in [0, 0.1) is 6.92 Å². The smallest absolute Gasteiger partial charge is 0.254 e. The van der Waals surface area contributed by atoms with E-state index in [0.717, 1.165) is 22.8 Å². The Morgan fingerprint density at radius 3 is 2.37 bits per heavy atom. The van der Waals surface area contributed by atoms with Crippen LogP contribution in [0.15, 0.2) is 52.5 Å². The van der Waals surface area contributed by atoms with Crippen molar-refractivity contribution in [1.82, 2.24) is 10.3 Å². The van der Waals surface area contributed by atoms with Gasteiger partial charge in [0.05, 0.1) is 16.6 Å². The summed E-state index contributed by atoms with van der Waals surface area (Å²) in [4.78, 5) is 18.6. The fraction of sp³-hybridized carbons (Fsp3) is 0.455. The van der Waals surface area contributed by atoms with Crippen LogP contribution < -0.4 is 10.6 Å². The number of amides is 1. The molecule has 144 valence electrons. The van der Waals surface area contributed by atoms with Gasteiger partial charge in [0.25, 0.3) is 5.91 Å². The lowest BCUT2D eigenvalue weighted by molar-refractivity contribution is -0.787. The van der Waals surface area contributed by atoms with Crippen molar-refractivity contribution in [2.75, 3.05) is 0 Å². The Balaban J connectivity index is 1.76. The van der Waals surface area contributed by atoms with Crippen LogP contribution in [0.25, 0.3) is 0 Å². The van der Waals surface area contributed by atoms with Gasteiger partial charge in [-0.25, -0.2) is 4.98 Å². The summed E-state index contributed by atoms with van der Waals surface area (Å²) in [6.45, 7) is 11.1. The Labute approximate surface area is 166 Å². The molecule has 0 atom stereocenters. The molecule has 2 heterocycles. The van der Waals surface area contributed by atoms with E-state index in [-0.39, 0.29) is 23.0 Å². The average molecular weight is 385 g/mol. The number of hydrogen-bond donors (Lipinski definition) is 2. The summed E-state index contributed by atoms with van der Waals surface area (Å²) in [6.07, 6.45) is 3.67. The number of nitrogens with two attached hydrogens (primary N) is 1. The predicted molar refractivity (Wildman–Crippen MR) is 110 cm³/mol. The Kier molecular flexibility index (Phi) is 5.63. The average Bonchev–Trinajstić information content (AvgIpc) is 2.54. The molecule has 1 amide bonds. The lowest BCUT2D eigenvalue weighted by Crippen LogP contribution is -3.06. The number of nitrogens with zero attached hydrogens (tertiary/aromatic N) is 1. The molecule has 1 aromatic heterocycles. The van der Waals surface area contributed by atoms with E-state index in [4.69, 9.17) is 0 Å². The van der Waals surface area contributed by atoms with Crippen LogP contribution >= 0.6 is 11.8 Å². The van der Waals surface area contributed by atoms with Gasteiger partial charge >= 0.3 is 0 Å². The molecular weight excluding hydrogens is 354 g/mol. The predicted octanol–water partition coefficient (Wildman–Crippen LogP) is 3.55. The summed E-state index contributed by atoms with van der Waals surface area (Å²) < 4.78 is 0. The van der Waals surface area contributed by atoms with Crippen LogP contribution in [-0.2, 0) is 0 Å². The van der Waals surface area contributed by atoms with E-state index < -0.39 is 0 Å².